The molecule has 0 bridgehead atoms. The van der Waals surface area contributed by atoms with E-state index in [-0.39, 0.29) is 12.0 Å². The van der Waals surface area contributed by atoms with Crippen LogP contribution >= 0.6 is 0 Å². The van der Waals surface area contributed by atoms with Gasteiger partial charge in [-0.25, -0.2) is 4.98 Å². The van der Waals surface area contributed by atoms with Gasteiger partial charge in [-0.15, -0.1) is 0 Å². The lowest BCUT2D eigenvalue weighted by Gasteiger charge is -2.11. The summed E-state index contributed by atoms with van der Waals surface area (Å²) in [4.78, 5) is 15.2. The first kappa shape index (κ1) is 9.34. The smallest absolute Gasteiger partial charge is 0.224 e. The summed E-state index contributed by atoms with van der Waals surface area (Å²) in [6.45, 7) is 1.48. The second-order valence-electron chi connectivity index (χ2n) is 3.74. The molecule has 1 atom stereocenters. The van der Waals surface area contributed by atoms with Crippen LogP contribution in [0.2, 0.25) is 0 Å². The molecule has 0 saturated carbocycles. The third kappa shape index (κ3) is 1.54. The Balaban J connectivity index is 1.97. The van der Waals surface area contributed by atoms with Gasteiger partial charge in [0, 0.05) is 6.61 Å². The normalized spacial score (nSPS) is 20.4. The van der Waals surface area contributed by atoms with Crippen LogP contribution in [-0.4, -0.2) is 39.2 Å². The first-order chi connectivity index (χ1) is 7.83. The molecule has 84 valence electrons. The fraction of sp³-hybridized carbons (Fsp3) is 0.444. The van der Waals surface area contributed by atoms with Gasteiger partial charge in [0.25, 0.3) is 0 Å². The topological polar surface area (TPSA) is 102 Å². The highest BCUT2D eigenvalue weighted by Crippen LogP contribution is 2.19. The molecule has 1 unspecified atom stereocenters. The number of imidazole rings is 1. The first-order valence-electron chi connectivity index (χ1n) is 5.14. The summed E-state index contributed by atoms with van der Waals surface area (Å²) >= 11 is 0. The third-order valence-electron chi connectivity index (χ3n) is 2.57. The maximum Gasteiger partial charge on any atom is 0.224 e. The fourth-order valence-electron chi connectivity index (χ4n) is 1.80. The summed E-state index contributed by atoms with van der Waals surface area (Å²) in [5, 5.41) is 3.28. The number of ether oxygens (including phenoxy) is 1. The van der Waals surface area contributed by atoms with Crippen LogP contribution in [0, 0.1) is 0 Å². The van der Waals surface area contributed by atoms with Crippen LogP contribution in [-0.2, 0) is 4.74 Å². The molecular weight excluding hydrogens is 208 g/mol. The molecule has 3 heterocycles. The summed E-state index contributed by atoms with van der Waals surface area (Å²) in [5.74, 6) is 0.913. The number of nitrogen functional groups attached to an aromatic ring is 1. The second kappa shape index (κ2) is 3.60. The molecule has 1 aliphatic rings. The molecule has 3 rings (SSSR count). The average molecular weight is 220 g/mol. The predicted molar refractivity (Wildman–Crippen MR) is 58.9 cm³/mol. The standard InChI is InChI=1S/C9H12N6O/c10-9-14-7-6(11-4-12-7)8(15-9)13-5-1-2-16-3-5/h4-5H,1-3H2,(H4,10,11,12,13,14,15). The van der Waals surface area contributed by atoms with Gasteiger partial charge >= 0.3 is 0 Å². The number of anilines is 2. The minimum absolute atomic E-state index is 0.223. The monoisotopic (exact) mass is 220 g/mol. The summed E-state index contributed by atoms with van der Waals surface area (Å²) in [7, 11) is 0. The number of H-pyrrole nitrogens is 1. The van der Waals surface area contributed by atoms with E-state index in [0.29, 0.717) is 18.1 Å². The molecule has 0 spiro atoms. The summed E-state index contributed by atoms with van der Waals surface area (Å²) < 4.78 is 5.29. The average Bonchev–Trinajstić information content (AvgIpc) is 2.87. The van der Waals surface area contributed by atoms with Crippen molar-refractivity contribution in [2.75, 3.05) is 24.3 Å². The van der Waals surface area contributed by atoms with Gasteiger partial charge in [-0.05, 0) is 6.42 Å². The molecule has 2 aromatic rings. The van der Waals surface area contributed by atoms with Gasteiger partial charge in [0.05, 0.1) is 19.0 Å². The number of aromatic amines is 1. The minimum Gasteiger partial charge on any atom is -0.379 e. The maximum absolute atomic E-state index is 5.61. The Labute approximate surface area is 91.4 Å². The van der Waals surface area contributed by atoms with Crippen molar-refractivity contribution in [3.63, 3.8) is 0 Å². The Bertz CT molecular complexity index is 504. The Morgan fingerprint density at radius 2 is 2.44 bits per heavy atom. The molecule has 1 aliphatic heterocycles. The Kier molecular flexibility index (Phi) is 2.10. The van der Waals surface area contributed by atoms with E-state index in [1.54, 1.807) is 6.33 Å². The lowest BCUT2D eigenvalue weighted by molar-refractivity contribution is 0.195. The zero-order valence-corrected chi connectivity index (χ0v) is 8.60. The molecule has 0 aromatic carbocycles. The number of fused-ring (bicyclic) bond motifs is 1. The van der Waals surface area contributed by atoms with Crippen LogP contribution in [0.5, 0.6) is 0 Å². The Morgan fingerprint density at radius 3 is 3.25 bits per heavy atom. The zero-order valence-electron chi connectivity index (χ0n) is 8.60. The molecule has 4 N–H and O–H groups in total. The van der Waals surface area contributed by atoms with Gasteiger partial charge in [-0.2, -0.15) is 9.97 Å². The summed E-state index contributed by atoms with van der Waals surface area (Å²) in [5.41, 5.74) is 6.97. The van der Waals surface area contributed by atoms with Crippen LogP contribution in [0.3, 0.4) is 0 Å². The van der Waals surface area contributed by atoms with Crippen molar-refractivity contribution in [3.8, 4) is 0 Å². The molecule has 1 fully saturated rings. The summed E-state index contributed by atoms with van der Waals surface area (Å²) in [6, 6.07) is 0.279. The molecule has 7 nitrogen and oxygen atoms in total. The van der Waals surface area contributed by atoms with E-state index in [1.165, 1.54) is 0 Å². The molecule has 0 amide bonds. The number of nitrogens with zero attached hydrogens (tertiary/aromatic N) is 3. The van der Waals surface area contributed by atoms with Crippen molar-refractivity contribution in [3.05, 3.63) is 6.33 Å². The number of nitrogens with one attached hydrogen (secondary N) is 2. The van der Waals surface area contributed by atoms with E-state index in [1.807, 2.05) is 0 Å². The van der Waals surface area contributed by atoms with Crippen molar-refractivity contribution in [2.45, 2.75) is 12.5 Å². The highest BCUT2D eigenvalue weighted by Gasteiger charge is 2.18. The maximum atomic E-state index is 5.61. The molecule has 0 radical (unpaired) electrons. The minimum atomic E-state index is 0.223. The van der Waals surface area contributed by atoms with Crippen LogP contribution in [0.4, 0.5) is 11.8 Å². The number of hydrogen-bond donors (Lipinski definition) is 3. The van der Waals surface area contributed by atoms with Crippen LogP contribution < -0.4 is 11.1 Å². The molecule has 2 aromatic heterocycles. The SMILES string of the molecule is Nc1nc(NC2CCOC2)c2[nH]cnc2n1. The molecular formula is C9H12N6O. The van der Waals surface area contributed by atoms with Gasteiger partial charge in [0.2, 0.25) is 5.95 Å². The van der Waals surface area contributed by atoms with Gasteiger partial charge < -0.3 is 20.8 Å². The van der Waals surface area contributed by atoms with E-state index in [9.17, 15) is 0 Å². The Morgan fingerprint density at radius 1 is 1.50 bits per heavy atom. The van der Waals surface area contributed by atoms with Gasteiger partial charge in [-0.1, -0.05) is 0 Å². The lowest BCUT2D eigenvalue weighted by atomic mass is 10.2. The van der Waals surface area contributed by atoms with Crippen LogP contribution in [0.25, 0.3) is 11.2 Å². The van der Waals surface area contributed by atoms with Crippen molar-refractivity contribution in [1.82, 2.24) is 19.9 Å². The highest BCUT2D eigenvalue weighted by atomic mass is 16.5. The van der Waals surface area contributed by atoms with E-state index in [2.05, 4.69) is 25.3 Å². The van der Waals surface area contributed by atoms with E-state index in [4.69, 9.17) is 10.5 Å². The molecule has 1 saturated heterocycles. The molecule has 7 heteroatoms. The first-order valence-corrected chi connectivity index (χ1v) is 5.14. The number of nitrogens with two attached hydrogens (primary N) is 1. The zero-order chi connectivity index (χ0) is 11.0. The van der Waals surface area contributed by atoms with Gasteiger partial charge in [0.15, 0.2) is 11.5 Å². The van der Waals surface area contributed by atoms with E-state index >= 15 is 0 Å². The van der Waals surface area contributed by atoms with Crippen molar-refractivity contribution >= 4 is 22.9 Å². The fourth-order valence-corrected chi connectivity index (χ4v) is 1.80. The summed E-state index contributed by atoms with van der Waals surface area (Å²) in [6.07, 6.45) is 2.55. The largest absolute Gasteiger partial charge is 0.379 e. The Hall–Kier alpha value is -1.89. The number of aromatic nitrogens is 4. The van der Waals surface area contributed by atoms with Crippen LogP contribution in [0.15, 0.2) is 6.33 Å². The van der Waals surface area contributed by atoms with Crippen molar-refractivity contribution in [2.24, 2.45) is 0 Å². The lowest BCUT2D eigenvalue weighted by Crippen LogP contribution is -2.20. The quantitative estimate of drug-likeness (QED) is 0.665. The second-order valence-corrected chi connectivity index (χ2v) is 3.74. The van der Waals surface area contributed by atoms with E-state index in [0.717, 1.165) is 18.5 Å². The molecule has 16 heavy (non-hydrogen) atoms. The van der Waals surface area contributed by atoms with E-state index < -0.39 is 0 Å². The van der Waals surface area contributed by atoms with Crippen molar-refractivity contribution < 1.29 is 4.74 Å². The third-order valence-corrected chi connectivity index (χ3v) is 2.57. The van der Waals surface area contributed by atoms with Crippen LogP contribution in [0.1, 0.15) is 6.42 Å². The van der Waals surface area contributed by atoms with Crippen molar-refractivity contribution in [1.29, 1.82) is 0 Å². The number of rotatable bonds is 2. The highest BCUT2D eigenvalue weighted by molar-refractivity contribution is 5.83. The number of hydrogen-bond acceptors (Lipinski definition) is 6. The molecule has 0 aliphatic carbocycles. The predicted octanol–water partition coefficient (Wildman–Crippen LogP) is 0.136. The van der Waals surface area contributed by atoms with Gasteiger partial charge in [-0.3, -0.25) is 0 Å². The van der Waals surface area contributed by atoms with Gasteiger partial charge in [0.1, 0.15) is 5.52 Å².